The Morgan fingerprint density at radius 2 is 1.91 bits per heavy atom. The van der Waals surface area contributed by atoms with Crippen molar-refractivity contribution in [3.05, 3.63) is 63.8 Å². The van der Waals surface area contributed by atoms with Crippen LogP contribution in [0.25, 0.3) is 28.0 Å². The number of aromatic nitrogens is 4. The van der Waals surface area contributed by atoms with Gasteiger partial charge in [-0.15, -0.1) is 11.8 Å². The molecule has 0 saturated carbocycles. The van der Waals surface area contributed by atoms with Gasteiger partial charge >= 0.3 is 17.8 Å². The first-order valence-corrected chi connectivity index (χ1v) is 15.2. The summed E-state index contributed by atoms with van der Waals surface area (Å²) in [4.78, 5) is 41.3. The fourth-order valence-corrected chi connectivity index (χ4v) is 5.96. The van der Waals surface area contributed by atoms with Crippen molar-refractivity contribution in [2.75, 3.05) is 30.8 Å². The molecule has 3 aromatic heterocycles. The number of pyridine rings is 2. The van der Waals surface area contributed by atoms with Gasteiger partial charge in [-0.25, -0.2) is 27.9 Å². The van der Waals surface area contributed by atoms with Crippen molar-refractivity contribution in [2.45, 2.75) is 50.7 Å². The quantitative estimate of drug-likeness (QED) is 0.164. The molecule has 5 rings (SSSR count). The van der Waals surface area contributed by atoms with Crippen LogP contribution in [0.2, 0.25) is 0 Å². The second-order valence-corrected chi connectivity index (χ2v) is 11.7. The number of esters is 1. The summed E-state index contributed by atoms with van der Waals surface area (Å²) in [6.07, 6.45) is -2.38. The molecule has 4 aromatic rings. The zero-order valence-electron chi connectivity index (χ0n) is 24.9. The average molecular weight is 649 g/mol. The predicted molar refractivity (Wildman–Crippen MR) is 160 cm³/mol. The number of nitrogens with zero attached hydrogens (tertiary/aromatic N) is 5. The van der Waals surface area contributed by atoms with Gasteiger partial charge in [0.1, 0.15) is 22.7 Å². The lowest BCUT2D eigenvalue weighted by Crippen LogP contribution is -2.51. The molecule has 9 nitrogen and oxygen atoms in total. The van der Waals surface area contributed by atoms with Gasteiger partial charge in [-0.2, -0.15) is 18.2 Å². The van der Waals surface area contributed by atoms with E-state index in [0.29, 0.717) is 24.3 Å². The number of benzene rings is 1. The Morgan fingerprint density at radius 3 is 2.56 bits per heavy atom. The molecule has 1 saturated heterocycles. The molecule has 45 heavy (non-hydrogen) atoms. The summed E-state index contributed by atoms with van der Waals surface area (Å²) < 4.78 is 78.7. The topological polar surface area (TPSA) is 102 Å². The Balaban J connectivity index is 2.04. The standard InChI is InChI=1S/C30H29F5N6O3S/c1-14(2)22-24(15(3)9-10-37-22)41-27-20(26(39-29(41)43)40-12-11-36-13-16(40)4)25(44-28(42)30(33,34)35)21(32)23(38-27)19-17(31)7-6-8-18(19)45-5/h6-10,14,16,36H,11-13H2,1-5H3/t16-/m0/s1. The van der Waals surface area contributed by atoms with Gasteiger partial charge in [0.05, 0.1) is 16.9 Å². The van der Waals surface area contributed by atoms with E-state index < -0.39 is 46.3 Å². The number of hydrogen-bond acceptors (Lipinski definition) is 9. The van der Waals surface area contributed by atoms with E-state index in [9.17, 15) is 22.8 Å². The predicted octanol–water partition coefficient (Wildman–Crippen LogP) is 5.54. The highest BCUT2D eigenvalue weighted by molar-refractivity contribution is 7.98. The molecule has 1 aliphatic rings. The van der Waals surface area contributed by atoms with E-state index in [0.717, 1.165) is 22.4 Å². The number of anilines is 1. The molecule has 1 fully saturated rings. The van der Waals surface area contributed by atoms with Crippen LogP contribution < -0.4 is 20.6 Å². The van der Waals surface area contributed by atoms with Gasteiger partial charge in [-0.3, -0.25) is 4.98 Å². The number of thioether (sulfide) groups is 1. The first-order valence-electron chi connectivity index (χ1n) is 14.0. The molecule has 0 spiro atoms. The van der Waals surface area contributed by atoms with Crippen molar-refractivity contribution in [1.82, 2.24) is 24.8 Å². The van der Waals surface area contributed by atoms with Gasteiger partial charge in [0.25, 0.3) is 0 Å². The maximum absolute atomic E-state index is 16.7. The zero-order valence-corrected chi connectivity index (χ0v) is 25.7. The fraction of sp³-hybridized carbons (Fsp3) is 0.367. The van der Waals surface area contributed by atoms with Crippen LogP contribution in [-0.4, -0.2) is 63.6 Å². The number of fused-ring (bicyclic) bond motifs is 1. The highest BCUT2D eigenvalue weighted by Crippen LogP contribution is 2.43. The molecule has 15 heteroatoms. The van der Waals surface area contributed by atoms with Gasteiger partial charge in [-0.1, -0.05) is 19.9 Å². The van der Waals surface area contributed by atoms with Gasteiger partial charge in [0.15, 0.2) is 17.2 Å². The zero-order chi connectivity index (χ0) is 32.8. The molecule has 0 unspecified atom stereocenters. The average Bonchev–Trinajstić information content (AvgIpc) is 2.98. The maximum atomic E-state index is 16.7. The second-order valence-electron chi connectivity index (χ2n) is 10.8. The number of piperazine rings is 1. The Labute approximate surface area is 258 Å². The molecule has 1 N–H and O–H groups in total. The number of hydrogen-bond donors (Lipinski definition) is 1. The maximum Gasteiger partial charge on any atom is 0.491 e. The lowest BCUT2D eigenvalue weighted by molar-refractivity contribution is -0.189. The Bertz CT molecular complexity index is 1860. The van der Waals surface area contributed by atoms with E-state index >= 15 is 8.78 Å². The van der Waals surface area contributed by atoms with Gasteiger partial charge in [-0.05, 0) is 49.8 Å². The summed E-state index contributed by atoms with van der Waals surface area (Å²) in [6, 6.07) is 5.15. The van der Waals surface area contributed by atoms with E-state index in [4.69, 9.17) is 4.74 Å². The van der Waals surface area contributed by atoms with Gasteiger partial charge in [0.2, 0.25) is 0 Å². The van der Waals surface area contributed by atoms with E-state index in [1.54, 1.807) is 31.1 Å². The van der Waals surface area contributed by atoms with Crippen LogP contribution in [0, 0.1) is 18.6 Å². The largest absolute Gasteiger partial charge is 0.491 e. The number of carbonyl (C=O) groups is 1. The molecular formula is C30H29F5N6O3S. The Hall–Kier alpha value is -4.11. The molecule has 1 atom stereocenters. The third kappa shape index (κ3) is 5.86. The minimum atomic E-state index is -5.51. The fourth-order valence-electron chi connectivity index (χ4n) is 5.35. The summed E-state index contributed by atoms with van der Waals surface area (Å²) in [7, 11) is 0. The summed E-state index contributed by atoms with van der Waals surface area (Å²) in [5, 5.41) is 2.70. The molecule has 0 radical (unpaired) electrons. The Kier molecular flexibility index (Phi) is 8.86. The number of alkyl halides is 3. The van der Waals surface area contributed by atoms with Crippen LogP contribution in [0.4, 0.5) is 27.8 Å². The summed E-state index contributed by atoms with van der Waals surface area (Å²) in [5.41, 5.74) is -1.25. The molecule has 0 amide bonds. The van der Waals surface area contributed by atoms with Crippen LogP contribution in [0.3, 0.4) is 0 Å². The number of nitrogens with one attached hydrogen (secondary N) is 1. The van der Waals surface area contributed by atoms with Crippen molar-refractivity contribution in [3.8, 4) is 22.7 Å². The van der Waals surface area contributed by atoms with Gasteiger partial charge in [0, 0.05) is 36.8 Å². The monoisotopic (exact) mass is 648 g/mol. The number of halogens is 5. The first-order chi connectivity index (χ1) is 21.3. The summed E-state index contributed by atoms with van der Waals surface area (Å²) in [5.74, 6) is -6.83. The lowest BCUT2D eigenvalue weighted by Gasteiger charge is -2.35. The van der Waals surface area contributed by atoms with E-state index in [1.165, 1.54) is 18.3 Å². The number of rotatable bonds is 6. The minimum absolute atomic E-state index is 0.202. The van der Waals surface area contributed by atoms with Crippen molar-refractivity contribution in [3.63, 3.8) is 0 Å². The van der Waals surface area contributed by atoms with Crippen molar-refractivity contribution in [2.24, 2.45) is 0 Å². The lowest BCUT2D eigenvalue weighted by atomic mass is 10.0. The number of aryl methyl sites for hydroxylation is 1. The molecule has 0 bridgehead atoms. The molecule has 1 aromatic carbocycles. The summed E-state index contributed by atoms with van der Waals surface area (Å²) in [6.45, 7) is 8.15. The van der Waals surface area contributed by atoms with Crippen LogP contribution >= 0.6 is 11.8 Å². The second kappa shape index (κ2) is 12.4. The van der Waals surface area contributed by atoms with Crippen LogP contribution in [0.1, 0.15) is 37.9 Å². The van der Waals surface area contributed by atoms with Crippen molar-refractivity contribution < 1.29 is 31.5 Å². The summed E-state index contributed by atoms with van der Waals surface area (Å²) >= 11 is 1.04. The van der Waals surface area contributed by atoms with E-state index in [-0.39, 0.29) is 46.1 Å². The van der Waals surface area contributed by atoms with Crippen LogP contribution in [-0.2, 0) is 4.79 Å². The molecule has 1 aliphatic heterocycles. The van der Waals surface area contributed by atoms with Crippen molar-refractivity contribution in [1.29, 1.82) is 0 Å². The highest BCUT2D eigenvalue weighted by Gasteiger charge is 2.43. The third-order valence-corrected chi connectivity index (χ3v) is 8.24. The SMILES string of the molecule is CSc1cccc(F)c1-c1nc2c(c(N3CCNC[C@@H]3C)nc(=O)n2-c2c(C)ccnc2C(C)C)c(OC(=O)C(F)(F)F)c1F. The van der Waals surface area contributed by atoms with E-state index in [2.05, 4.69) is 20.3 Å². The normalized spacial score (nSPS) is 15.6. The number of carbonyl (C=O) groups excluding carboxylic acids is 1. The molecule has 4 heterocycles. The van der Waals surface area contributed by atoms with Gasteiger partial charge < -0.3 is 15.0 Å². The first kappa shape index (κ1) is 32.3. The van der Waals surface area contributed by atoms with Crippen LogP contribution in [0.5, 0.6) is 5.75 Å². The van der Waals surface area contributed by atoms with Crippen LogP contribution in [0.15, 0.2) is 40.2 Å². The Morgan fingerprint density at radius 1 is 1.18 bits per heavy atom. The third-order valence-electron chi connectivity index (χ3n) is 7.46. The molecular weight excluding hydrogens is 619 g/mol. The highest BCUT2D eigenvalue weighted by atomic mass is 32.2. The number of ether oxygens (including phenoxy) is 1. The van der Waals surface area contributed by atoms with E-state index in [1.807, 2.05) is 13.8 Å². The molecule has 0 aliphatic carbocycles. The minimum Gasteiger partial charge on any atom is -0.416 e. The van der Waals surface area contributed by atoms with Crippen molar-refractivity contribution >= 4 is 34.6 Å². The molecule has 238 valence electrons. The smallest absolute Gasteiger partial charge is 0.416 e.